The number of rotatable bonds is 8. The van der Waals surface area contributed by atoms with Crippen molar-refractivity contribution >= 4 is 29.3 Å². The number of benzene rings is 2. The van der Waals surface area contributed by atoms with Crippen LogP contribution in [-0.4, -0.2) is 30.6 Å². The third-order valence-corrected chi connectivity index (χ3v) is 4.40. The first-order valence-electron chi connectivity index (χ1n) is 10.8. The van der Waals surface area contributed by atoms with E-state index in [-0.39, 0.29) is 11.8 Å². The molecular formula is C25H33N3O5. The summed E-state index contributed by atoms with van der Waals surface area (Å²) in [6.45, 7) is 9.16. The molecule has 0 aliphatic carbocycles. The largest absolute Gasteiger partial charge is 0.495 e. The summed E-state index contributed by atoms with van der Waals surface area (Å²) < 4.78 is 10.6. The van der Waals surface area contributed by atoms with Gasteiger partial charge in [0.1, 0.15) is 17.4 Å². The average molecular weight is 456 g/mol. The molecule has 0 aliphatic heterocycles. The van der Waals surface area contributed by atoms with Crippen LogP contribution >= 0.6 is 0 Å². The smallest absolute Gasteiger partial charge is 0.412 e. The molecule has 0 fully saturated rings. The van der Waals surface area contributed by atoms with Gasteiger partial charge >= 0.3 is 6.09 Å². The predicted molar refractivity (Wildman–Crippen MR) is 128 cm³/mol. The van der Waals surface area contributed by atoms with Crippen molar-refractivity contribution in [2.75, 3.05) is 17.7 Å². The lowest BCUT2D eigenvalue weighted by Gasteiger charge is -2.21. The standard InChI is InChI=1S/C25H33N3O5/c1-16(2)14-21(29)28-22(17-10-8-7-9-11-17)23(30)26-18-12-13-20(32-6)19(15-18)27-24(31)33-25(3,4)5/h7-13,15-16,22H,14H2,1-6H3,(H,26,30)(H,27,31)(H,28,29). The first-order valence-corrected chi connectivity index (χ1v) is 10.8. The highest BCUT2D eigenvalue weighted by Crippen LogP contribution is 2.29. The molecule has 0 saturated heterocycles. The van der Waals surface area contributed by atoms with Crippen molar-refractivity contribution < 1.29 is 23.9 Å². The molecule has 1 atom stereocenters. The maximum Gasteiger partial charge on any atom is 0.412 e. The number of hydrogen-bond acceptors (Lipinski definition) is 5. The van der Waals surface area contributed by atoms with Gasteiger partial charge in [0.05, 0.1) is 12.8 Å². The van der Waals surface area contributed by atoms with Gasteiger partial charge in [0.2, 0.25) is 5.91 Å². The number of carbonyl (C=O) groups excluding carboxylic acids is 3. The number of anilines is 2. The van der Waals surface area contributed by atoms with Crippen LogP contribution in [0.1, 0.15) is 52.6 Å². The molecular weight excluding hydrogens is 422 g/mol. The van der Waals surface area contributed by atoms with E-state index in [1.807, 2.05) is 19.9 Å². The van der Waals surface area contributed by atoms with Crippen LogP contribution in [0.15, 0.2) is 48.5 Å². The summed E-state index contributed by atoms with van der Waals surface area (Å²) in [6, 6.07) is 13.0. The minimum Gasteiger partial charge on any atom is -0.495 e. The summed E-state index contributed by atoms with van der Waals surface area (Å²) in [5.41, 5.74) is 0.753. The number of hydrogen-bond donors (Lipinski definition) is 3. The molecule has 2 aromatic rings. The Bertz CT molecular complexity index is 968. The van der Waals surface area contributed by atoms with E-state index < -0.39 is 23.6 Å². The second kappa shape index (κ2) is 11.4. The molecule has 8 nitrogen and oxygen atoms in total. The highest BCUT2D eigenvalue weighted by atomic mass is 16.6. The molecule has 3 amide bonds. The Balaban J connectivity index is 2.24. The highest BCUT2D eigenvalue weighted by molar-refractivity contribution is 5.99. The molecule has 0 radical (unpaired) electrons. The van der Waals surface area contributed by atoms with E-state index in [1.165, 1.54) is 7.11 Å². The Morgan fingerprint density at radius 3 is 2.21 bits per heavy atom. The predicted octanol–water partition coefficient (Wildman–Crippen LogP) is 4.88. The van der Waals surface area contributed by atoms with Gasteiger partial charge in [-0.3, -0.25) is 14.9 Å². The Hall–Kier alpha value is -3.55. The minimum atomic E-state index is -0.873. The van der Waals surface area contributed by atoms with E-state index in [2.05, 4.69) is 16.0 Å². The van der Waals surface area contributed by atoms with Crippen molar-refractivity contribution in [1.29, 1.82) is 0 Å². The van der Waals surface area contributed by atoms with Crippen LogP contribution in [0.3, 0.4) is 0 Å². The molecule has 0 heterocycles. The van der Waals surface area contributed by atoms with Gasteiger partial charge in [0.15, 0.2) is 0 Å². The third-order valence-electron chi connectivity index (χ3n) is 4.40. The zero-order valence-electron chi connectivity index (χ0n) is 20.0. The number of ether oxygens (including phenoxy) is 2. The number of amides is 3. The zero-order chi connectivity index (χ0) is 24.6. The molecule has 33 heavy (non-hydrogen) atoms. The fraction of sp³-hybridized carbons (Fsp3) is 0.400. The summed E-state index contributed by atoms with van der Waals surface area (Å²) in [4.78, 5) is 37.7. The zero-order valence-corrected chi connectivity index (χ0v) is 20.0. The van der Waals surface area contributed by atoms with E-state index in [0.717, 1.165) is 0 Å². The van der Waals surface area contributed by atoms with Crippen LogP contribution in [0.5, 0.6) is 5.75 Å². The molecule has 0 aromatic heterocycles. The van der Waals surface area contributed by atoms with Crippen LogP contribution in [-0.2, 0) is 14.3 Å². The lowest BCUT2D eigenvalue weighted by molar-refractivity contribution is -0.127. The molecule has 0 bridgehead atoms. The molecule has 1 unspecified atom stereocenters. The quantitative estimate of drug-likeness (QED) is 0.526. The Labute approximate surface area is 195 Å². The van der Waals surface area contributed by atoms with Crippen molar-refractivity contribution in [1.82, 2.24) is 5.32 Å². The van der Waals surface area contributed by atoms with Crippen LogP contribution < -0.4 is 20.7 Å². The van der Waals surface area contributed by atoms with Crippen molar-refractivity contribution in [3.05, 3.63) is 54.1 Å². The van der Waals surface area contributed by atoms with Gasteiger partial charge < -0.3 is 20.1 Å². The Kier molecular flexibility index (Phi) is 8.85. The number of methoxy groups -OCH3 is 1. The second-order valence-electron chi connectivity index (χ2n) is 9.04. The van der Waals surface area contributed by atoms with Crippen LogP contribution in [0.2, 0.25) is 0 Å². The molecule has 0 spiro atoms. The van der Waals surface area contributed by atoms with E-state index in [0.29, 0.717) is 29.1 Å². The number of nitrogens with one attached hydrogen (secondary N) is 3. The molecule has 0 saturated carbocycles. The van der Waals surface area contributed by atoms with E-state index in [4.69, 9.17) is 9.47 Å². The van der Waals surface area contributed by atoms with Gasteiger partial charge in [-0.15, -0.1) is 0 Å². The minimum absolute atomic E-state index is 0.160. The molecule has 3 N–H and O–H groups in total. The summed E-state index contributed by atoms with van der Waals surface area (Å²) in [6.07, 6.45) is -0.337. The Morgan fingerprint density at radius 1 is 0.970 bits per heavy atom. The molecule has 2 rings (SSSR count). The lowest BCUT2D eigenvalue weighted by Crippen LogP contribution is -2.37. The summed E-state index contributed by atoms with van der Waals surface area (Å²) in [7, 11) is 1.48. The fourth-order valence-corrected chi connectivity index (χ4v) is 3.05. The van der Waals surface area contributed by atoms with Gasteiger partial charge in [0.25, 0.3) is 5.91 Å². The maximum absolute atomic E-state index is 13.1. The van der Waals surface area contributed by atoms with E-state index in [9.17, 15) is 14.4 Å². The van der Waals surface area contributed by atoms with Crippen molar-refractivity contribution in [2.45, 2.75) is 52.7 Å². The fourth-order valence-electron chi connectivity index (χ4n) is 3.05. The topological polar surface area (TPSA) is 106 Å². The summed E-state index contributed by atoms with van der Waals surface area (Å²) in [5.74, 6) is -0.0565. The molecule has 0 aliphatic rings. The van der Waals surface area contributed by atoms with Crippen LogP contribution in [0, 0.1) is 5.92 Å². The highest BCUT2D eigenvalue weighted by Gasteiger charge is 2.24. The molecule has 8 heteroatoms. The first-order chi connectivity index (χ1) is 15.5. The lowest BCUT2D eigenvalue weighted by atomic mass is 10.0. The average Bonchev–Trinajstić information content (AvgIpc) is 2.71. The van der Waals surface area contributed by atoms with Crippen molar-refractivity contribution in [2.24, 2.45) is 5.92 Å². The monoisotopic (exact) mass is 455 g/mol. The van der Waals surface area contributed by atoms with E-state index >= 15 is 0 Å². The SMILES string of the molecule is COc1ccc(NC(=O)C(NC(=O)CC(C)C)c2ccccc2)cc1NC(=O)OC(C)(C)C. The molecule has 178 valence electrons. The Morgan fingerprint density at radius 2 is 1.64 bits per heavy atom. The van der Waals surface area contributed by atoms with Crippen molar-refractivity contribution in [3.63, 3.8) is 0 Å². The summed E-state index contributed by atoms with van der Waals surface area (Å²) in [5, 5.41) is 8.26. The maximum atomic E-state index is 13.1. The first kappa shape index (κ1) is 25.7. The van der Waals surface area contributed by atoms with Crippen LogP contribution in [0.4, 0.5) is 16.2 Å². The number of carbonyl (C=O) groups is 3. The van der Waals surface area contributed by atoms with Gasteiger partial charge in [-0.1, -0.05) is 44.2 Å². The van der Waals surface area contributed by atoms with Gasteiger partial charge in [0, 0.05) is 12.1 Å². The van der Waals surface area contributed by atoms with Crippen molar-refractivity contribution in [3.8, 4) is 5.75 Å². The van der Waals surface area contributed by atoms with Gasteiger partial charge in [-0.25, -0.2) is 4.79 Å². The summed E-state index contributed by atoms with van der Waals surface area (Å²) >= 11 is 0. The van der Waals surface area contributed by atoms with E-state index in [1.54, 1.807) is 63.2 Å². The normalized spacial score (nSPS) is 12.0. The second-order valence-corrected chi connectivity index (χ2v) is 9.04. The van der Waals surface area contributed by atoms with Gasteiger partial charge in [-0.2, -0.15) is 0 Å². The van der Waals surface area contributed by atoms with Gasteiger partial charge in [-0.05, 0) is 50.5 Å². The third kappa shape index (κ3) is 8.48. The van der Waals surface area contributed by atoms with Crippen LogP contribution in [0.25, 0.3) is 0 Å². The molecule has 2 aromatic carbocycles.